The van der Waals surface area contributed by atoms with Crippen LogP contribution in [-0.4, -0.2) is 48.0 Å². The summed E-state index contributed by atoms with van der Waals surface area (Å²) in [4.78, 5) is 16.6. The predicted octanol–water partition coefficient (Wildman–Crippen LogP) is 2.33. The standard InChI is InChI=1S/C20H22N2O2/c23-20(15-24-19-8-2-1-3-9-19)22-13-18(14-22)21-11-10-16-6-4-5-7-17(16)12-21/h1-9,18H,10-15H2. The number of amides is 1. The molecule has 0 bridgehead atoms. The Morgan fingerprint density at radius 2 is 1.71 bits per heavy atom. The molecule has 4 nitrogen and oxygen atoms in total. The van der Waals surface area contributed by atoms with Crippen LogP contribution in [0.3, 0.4) is 0 Å². The van der Waals surface area contributed by atoms with E-state index in [1.807, 2.05) is 35.2 Å². The average Bonchev–Trinajstić information content (AvgIpc) is 2.59. The van der Waals surface area contributed by atoms with Gasteiger partial charge in [-0.2, -0.15) is 0 Å². The minimum Gasteiger partial charge on any atom is -0.484 e. The third-order valence-corrected chi connectivity index (χ3v) is 5.00. The van der Waals surface area contributed by atoms with Gasteiger partial charge in [0.15, 0.2) is 6.61 Å². The fraction of sp³-hybridized carbons (Fsp3) is 0.350. The third kappa shape index (κ3) is 3.15. The van der Waals surface area contributed by atoms with E-state index in [-0.39, 0.29) is 12.5 Å². The van der Waals surface area contributed by atoms with Crippen LogP contribution >= 0.6 is 0 Å². The van der Waals surface area contributed by atoms with Crippen molar-refractivity contribution >= 4 is 5.91 Å². The number of carbonyl (C=O) groups excluding carboxylic acids is 1. The first-order valence-electron chi connectivity index (χ1n) is 8.56. The van der Waals surface area contributed by atoms with E-state index >= 15 is 0 Å². The van der Waals surface area contributed by atoms with E-state index in [0.717, 1.165) is 38.3 Å². The molecule has 0 aromatic heterocycles. The van der Waals surface area contributed by atoms with Crippen molar-refractivity contribution in [2.75, 3.05) is 26.2 Å². The maximum atomic E-state index is 12.2. The fourth-order valence-corrected chi connectivity index (χ4v) is 3.47. The third-order valence-electron chi connectivity index (χ3n) is 5.00. The van der Waals surface area contributed by atoms with Crippen LogP contribution in [0.1, 0.15) is 11.1 Å². The Hall–Kier alpha value is -2.33. The van der Waals surface area contributed by atoms with E-state index in [4.69, 9.17) is 4.74 Å². The lowest BCUT2D eigenvalue weighted by molar-refractivity contribution is -0.141. The van der Waals surface area contributed by atoms with Gasteiger partial charge in [0.2, 0.25) is 0 Å². The van der Waals surface area contributed by atoms with Crippen molar-refractivity contribution in [1.82, 2.24) is 9.80 Å². The van der Waals surface area contributed by atoms with Gasteiger partial charge < -0.3 is 9.64 Å². The molecule has 2 aromatic rings. The summed E-state index contributed by atoms with van der Waals surface area (Å²) in [6.45, 7) is 3.85. The zero-order valence-corrected chi connectivity index (χ0v) is 13.7. The largest absolute Gasteiger partial charge is 0.484 e. The molecule has 4 heteroatoms. The van der Waals surface area contributed by atoms with Gasteiger partial charge in [0.1, 0.15) is 5.75 Å². The second-order valence-corrected chi connectivity index (χ2v) is 6.54. The molecule has 24 heavy (non-hydrogen) atoms. The van der Waals surface area contributed by atoms with E-state index in [1.54, 1.807) is 0 Å². The Labute approximate surface area is 142 Å². The van der Waals surface area contributed by atoms with Gasteiger partial charge in [0.05, 0.1) is 0 Å². The van der Waals surface area contributed by atoms with Gasteiger partial charge in [-0.25, -0.2) is 0 Å². The topological polar surface area (TPSA) is 32.8 Å². The minimum absolute atomic E-state index is 0.0764. The van der Waals surface area contributed by atoms with Crippen LogP contribution in [-0.2, 0) is 17.8 Å². The number of fused-ring (bicyclic) bond motifs is 1. The van der Waals surface area contributed by atoms with Crippen molar-refractivity contribution in [2.45, 2.75) is 19.0 Å². The number of carbonyl (C=O) groups is 1. The highest BCUT2D eigenvalue weighted by Crippen LogP contribution is 2.24. The van der Waals surface area contributed by atoms with Crippen molar-refractivity contribution in [3.05, 3.63) is 65.7 Å². The minimum atomic E-state index is 0.0764. The Balaban J connectivity index is 1.25. The zero-order valence-electron chi connectivity index (χ0n) is 13.7. The van der Waals surface area contributed by atoms with E-state index in [1.165, 1.54) is 11.1 Å². The van der Waals surface area contributed by atoms with Crippen molar-refractivity contribution in [3.63, 3.8) is 0 Å². The van der Waals surface area contributed by atoms with Crippen LogP contribution < -0.4 is 4.74 Å². The summed E-state index contributed by atoms with van der Waals surface area (Å²) < 4.78 is 5.55. The Bertz CT molecular complexity index is 711. The summed E-state index contributed by atoms with van der Waals surface area (Å²) in [7, 11) is 0. The van der Waals surface area contributed by atoms with Crippen LogP contribution in [0.2, 0.25) is 0 Å². The highest BCUT2D eigenvalue weighted by Gasteiger charge is 2.35. The Morgan fingerprint density at radius 3 is 2.50 bits per heavy atom. The van der Waals surface area contributed by atoms with E-state index in [0.29, 0.717) is 6.04 Å². The van der Waals surface area contributed by atoms with Crippen molar-refractivity contribution in [1.29, 1.82) is 0 Å². The number of nitrogens with zero attached hydrogens (tertiary/aromatic N) is 2. The molecule has 0 atom stereocenters. The SMILES string of the molecule is O=C(COc1ccccc1)N1CC(N2CCc3ccccc3C2)C1. The first-order chi connectivity index (χ1) is 11.8. The molecule has 2 aromatic carbocycles. The number of hydrogen-bond acceptors (Lipinski definition) is 3. The molecule has 124 valence electrons. The van der Waals surface area contributed by atoms with Crippen molar-refractivity contribution in [3.8, 4) is 5.75 Å². The number of likely N-dealkylation sites (tertiary alicyclic amines) is 1. The Kier molecular flexibility index (Phi) is 4.22. The van der Waals surface area contributed by atoms with Gasteiger partial charge in [0, 0.05) is 32.2 Å². The second-order valence-electron chi connectivity index (χ2n) is 6.54. The van der Waals surface area contributed by atoms with E-state index < -0.39 is 0 Å². The van der Waals surface area contributed by atoms with Gasteiger partial charge in [0.25, 0.3) is 5.91 Å². The van der Waals surface area contributed by atoms with Gasteiger partial charge >= 0.3 is 0 Å². The molecular formula is C20H22N2O2. The first kappa shape index (κ1) is 15.2. The van der Waals surface area contributed by atoms with Gasteiger partial charge in [-0.3, -0.25) is 9.69 Å². The second kappa shape index (κ2) is 6.65. The maximum absolute atomic E-state index is 12.2. The monoisotopic (exact) mass is 322 g/mol. The number of ether oxygens (including phenoxy) is 1. The zero-order chi connectivity index (χ0) is 16.4. The molecule has 0 unspecified atom stereocenters. The summed E-state index contributed by atoms with van der Waals surface area (Å²) >= 11 is 0. The molecule has 0 radical (unpaired) electrons. The maximum Gasteiger partial charge on any atom is 0.260 e. The summed E-state index contributed by atoms with van der Waals surface area (Å²) in [5, 5.41) is 0. The smallest absolute Gasteiger partial charge is 0.260 e. The van der Waals surface area contributed by atoms with Gasteiger partial charge in [-0.1, -0.05) is 42.5 Å². The highest BCUT2D eigenvalue weighted by molar-refractivity contribution is 5.78. The van der Waals surface area contributed by atoms with Gasteiger partial charge in [-0.15, -0.1) is 0 Å². The van der Waals surface area contributed by atoms with Crippen LogP contribution in [0, 0.1) is 0 Å². The summed E-state index contributed by atoms with van der Waals surface area (Å²) in [6, 6.07) is 18.7. The van der Waals surface area contributed by atoms with Crippen LogP contribution in [0.5, 0.6) is 5.75 Å². The van der Waals surface area contributed by atoms with E-state index in [9.17, 15) is 4.79 Å². The fourth-order valence-electron chi connectivity index (χ4n) is 3.47. The lowest BCUT2D eigenvalue weighted by Gasteiger charge is -2.46. The van der Waals surface area contributed by atoms with Crippen molar-refractivity contribution in [2.24, 2.45) is 0 Å². The number of benzene rings is 2. The average molecular weight is 322 g/mol. The molecular weight excluding hydrogens is 300 g/mol. The molecule has 0 aliphatic carbocycles. The number of para-hydroxylation sites is 1. The summed E-state index contributed by atoms with van der Waals surface area (Å²) in [5.41, 5.74) is 2.90. The van der Waals surface area contributed by atoms with Crippen LogP contribution in [0.15, 0.2) is 54.6 Å². The molecule has 0 N–H and O–H groups in total. The lowest BCUT2D eigenvalue weighted by Crippen LogP contribution is -2.62. The molecule has 1 amide bonds. The molecule has 1 fully saturated rings. The summed E-state index contributed by atoms with van der Waals surface area (Å²) in [5.74, 6) is 0.822. The lowest BCUT2D eigenvalue weighted by atomic mass is 9.96. The Morgan fingerprint density at radius 1 is 1.00 bits per heavy atom. The number of rotatable bonds is 4. The molecule has 2 aliphatic rings. The van der Waals surface area contributed by atoms with Gasteiger partial charge in [-0.05, 0) is 29.7 Å². The molecule has 2 heterocycles. The highest BCUT2D eigenvalue weighted by atomic mass is 16.5. The quantitative estimate of drug-likeness (QED) is 0.866. The molecule has 4 rings (SSSR count). The summed E-state index contributed by atoms with van der Waals surface area (Å²) in [6.07, 6.45) is 1.11. The molecule has 0 spiro atoms. The van der Waals surface area contributed by atoms with Crippen molar-refractivity contribution < 1.29 is 9.53 Å². The molecule has 1 saturated heterocycles. The normalized spacial score (nSPS) is 17.9. The predicted molar refractivity (Wildman–Crippen MR) is 92.9 cm³/mol. The number of hydrogen-bond donors (Lipinski definition) is 0. The van der Waals surface area contributed by atoms with Crippen LogP contribution in [0.25, 0.3) is 0 Å². The van der Waals surface area contributed by atoms with E-state index in [2.05, 4.69) is 29.2 Å². The molecule has 2 aliphatic heterocycles. The first-order valence-corrected chi connectivity index (χ1v) is 8.56. The van der Waals surface area contributed by atoms with Crippen LogP contribution in [0.4, 0.5) is 0 Å². The molecule has 0 saturated carbocycles.